The van der Waals surface area contributed by atoms with Gasteiger partial charge < -0.3 is 15.6 Å². The number of carboxylic acid groups (broad SMARTS) is 1. The minimum Gasteiger partial charge on any atom is -0.491 e. The van der Waals surface area contributed by atoms with Crippen LogP contribution in [0.2, 0.25) is 0 Å². The van der Waals surface area contributed by atoms with Crippen LogP contribution in [0.4, 0.5) is 4.39 Å². The first kappa shape index (κ1) is 12.4. The molecule has 1 rings (SSSR count). The van der Waals surface area contributed by atoms with Crippen molar-refractivity contribution in [3.05, 3.63) is 29.8 Å². The lowest BCUT2D eigenvalue weighted by Crippen LogP contribution is -2.32. The van der Waals surface area contributed by atoms with Crippen LogP contribution >= 0.6 is 0 Å². The summed E-state index contributed by atoms with van der Waals surface area (Å²) < 4.78 is 16.9. The SMILES string of the molecule is NC(Cc1ccc(OCC[18F])cc1)C(=O)O. The molecular weight excluding hydrogens is 212 g/mol. The Hall–Kier alpha value is -1.62. The van der Waals surface area contributed by atoms with Gasteiger partial charge in [0.2, 0.25) is 0 Å². The molecular formula is C11H14FNO3. The monoisotopic (exact) mass is 226 g/mol. The average molecular weight is 226 g/mol. The fraction of sp³-hybridized carbons (Fsp3) is 0.364. The molecule has 5 heteroatoms. The lowest BCUT2D eigenvalue weighted by Gasteiger charge is -2.07. The highest BCUT2D eigenvalue weighted by atomic mass is 18.2. The van der Waals surface area contributed by atoms with Crippen LogP contribution in [-0.2, 0) is 11.2 Å². The molecule has 0 spiro atoms. The second-order valence-corrected chi connectivity index (χ2v) is 3.33. The highest BCUT2D eigenvalue weighted by Crippen LogP contribution is 2.13. The van der Waals surface area contributed by atoms with E-state index in [9.17, 15) is 9.18 Å². The van der Waals surface area contributed by atoms with Gasteiger partial charge in [0.15, 0.2) is 0 Å². The first-order valence-corrected chi connectivity index (χ1v) is 4.89. The number of alkyl halides is 1. The topological polar surface area (TPSA) is 72.5 Å². The summed E-state index contributed by atoms with van der Waals surface area (Å²) >= 11 is 0. The lowest BCUT2D eigenvalue weighted by atomic mass is 10.1. The van der Waals surface area contributed by atoms with Crippen LogP contribution < -0.4 is 10.5 Å². The van der Waals surface area contributed by atoms with Gasteiger partial charge in [-0.1, -0.05) is 12.1 Å². The molecule has 88 valence electrons. The van der Waals surface area contributed by atoms with Crippen molar-refractivity contribution < 1.29 is 19.0 Å². The molecule has 0 fully saturated rings. The predicted octanol–water partition coefficient (Wildman–Crippen LogP) is 0.989. The predicted molar refractivity (Wildman–Crippen MR) is 57.2 cm³/mol. The molecule has 16 heavy (non-hydrogen) atoms. The first-order valence-electron chi connectivity index (χ1n) is 4.89. The zero-order chi connectivity index (χ0) is 12.0. The summed E-state index contributed by atoms with van der Waals surface area (Å²) in [5.74, 6) is -0.469. The van der Waals surface area contributed by atoms with E-state index in [1.807, 2.05) is 0 Å². The Balaban J connectivity index is 2.54. The molecule has 0 saturated carbocycles. The number of carboxylic acids is 1. The molecule has 0 aromatic heterocycles. The van der Waals surface area contributed by atoms with E-state index < -0.39 is 18.7 Å². The van der Waals surface area contributed by atoms with Crippen LogP contribution in [0, 0.1) is 0 Å². The van der Waals surface area contributed by atoms with Crippen molar-refractivity contribution in [1.29, 1.82) is 0 Å². The Kier molecular flexibility index (Phi) is 4.72. The van der Waals surface area contributed by atoms with Gasteiger partial charge in [-0.25, -0.2) is 4.39 Å². The third-order valence-electron chi connectivity index (χ3n) is 2.04. The maximum Gasteiger partial charge on any atom is 0.320 e. The highest BCUT2D eigenvalue weighted by molar-refractivity contribution is 5.73. The number of nitrogens with two attached hydrogens (primary N) is 1. The van der Waals surface area contributed by atoms with Crippen LogP contribution in [0.1, 0.15) is 5.56 Å². The number of rotatable bonds is 6. The van der Waals surface area contributed by atoms with E-state index in [0.717, 1.165) is 5.56 Å². The highest BCUT2D eigenvalue weighted by Gasteiger charge is 2.11. The maximum atomic E-state index is 11.8. The van der Waals surface area contributed by atoms with Gasteiger partial charge in [0.05, 0.1) is 0 Å². The molecule has 0 saturated heterocycles. The maximum absolute atomic E-state index is 11.8. The Morgan fingerprint density at radius 3 is 2.56 bits per heavy atom. The van der Waals surface area contributed by atoms with Gasteiger partial charge in [0, 0.05) is 0 Å². The van der Waals surface area contributed by atoms with Crippen molar-refractivity contribution >= 4 is 5.97 Å². The van der Waals surface area contributed by atoms with E-state index in [1.165, 1.54) is 0 Å². The summed E-state index contributed by atoms with van der Waals surface area (Å²) in [6.45, 7) is -0.514. The van der Waals surface area contributed by atoms with Gasteiger partial charge in [-0.05, 0) is 24.1 Å². The van der Waals surface area contributed by atoms with Crippen molar-refractivity contribution in [3.63, 3.8) is 0 Å². The molecule has 0 amide bonds. The van der Waals surface area contributed by atoms with E-state index >= 15 is 0 Å². The summed E-state index contributed by atoms with van der Waals surface area (Å²) in [5.41, 5.74) is 6.19. The molecule has 4 nitrogen and oxygen atoms in total. The largest absolute Gasteiger partial charge is 0.491 e. The standard InChI is InChI=1S/C11H14FNO3/c12-5-6-16-9-3-1-8(2-4-9)7-10(13)11(14)15/h1-4,10H,5-7,13H2,(H,14,15)/i12-1. The summed E-state index contributed by atoms with van der Waals surface area (Å²) in [6, 6.07) is 5.86. The minimum absolute atomic E-state index is 0.0218. The summed E-state index contributed by atoms with van der Waals surface area (Å²) in [5, 5.41) is 8.62. The van der Waals surface area contributed by atoms with Gasteiger partial charge in [-0.3, -0.25) is 4.79 Å². The summed E-state index contributed by atoms with van der Waals surface area (Å²) in [6.07, 6.45) is 0.263. The Labute approximate surface area is 92.8 Å². The van der Waals surface area contributed by atoms with Gasteiger partial charge >= 0.3 is 5.97 Å². The number of ether oxygens (including phenoxy) is 1. The van der Waals surface area contributed by atoms with Crippen LogP contribution in [-0.4, -0.2) is 30.4 Å². The second kappa shape index (κ2) is 6.07. The molecule has 1 unspecified atom stereocenters. The van der Waals surface area contributed by atoms with Crippen LogP contribution in [0.5, 0.6) is 5.75 Å². The van der Waals surface area contributed by atoms with Crippen molar-refractivity contribution in [2.24, 2.45) is 5.73 Å². The molecule has 3 N–H and O–H groups in total. The van der Waals surface area contributed by atoms with Crippen LogP contribution in [0.3, 0.4) is 0 Å². The molecule has 0 radical (unpaired) electrons. The number of hydrogen-bond donors (Lipinski definition) is 2. The molecule has 0 aliphatic heterocycles. The number of hydrogen-bond acceptors (Lipinski definition) is 3. The Morgan fingerprint density at radius 1 is 1.44 bits per heavy atom. The third-order valence-corrected chi connectivity index (χ3v) is 2.04. The fourth-order valence-corrected chi connectivity index (χ4v) is 1.22. The zero-order valence-corrected chi connectivity index (χ0v) is 8.73. The summed E-state index contributed by atoms with van der Waals surface area (Å²) in [4.78, 5) is 10.5. The number of benzene rings is 1. The van der Waals surface area contributed by atoms with Crippen LogP contribution in [0.25, 0.3) is 0 Å². The van der Waals surface area contributed by atoms with Crippen molar-refractivity contribution in [2.75, 3.05) is 13.3 Å². The quantitative estimate of drug-likeness (QED) is 0.758. The number of carbonyl (C=O) groups is 1. The average Bonchev–Trinajstić information content (AvgIpc) is 2.28. The first-order chi connectivity index (χ1) is 7.63. The normalized spacial score (nSPS) is 12.1. The van der Waals surface area contributed by atoms with E-state index in [-0.39, 0.29) is 13.0 Å². The lowest BCUT2D eigenvalue weighted by molar-refractivity contribution is -0.138. The smallest absolute Gasteiger partial charge is 0.320 e. The molecule has 1 atom stereocenters. The fourth-order valence-electron chi connectivity index (χ4n) is 1.22. The number of halogens is 1. The van der Waals surface area contributed by atoms with Crippen LogP contribution in [0.15, 0.2) is 24.3 Å². The Bertz CT molecular complexity index is 340. The number of aliphatic carboxylic acids is 1. The van der Waals surface area contributed by atoms with Crippen molar-refractivity contribution in [3.8, 4) is 5.75 Å². The van der Waals surface area contributed by atoms with Gasteiger partial charge in [-0.2, -0.15) is 0 Å². The Morgan fingerprint density at radius 2 is 2.06 bits per heavy atom. The third kappa shape index (κ3) is 3.86. The van der Waals surface area contributed by atoms with Crippen molar-refractivity contribution in [2.45, 2.75) is 12.5 Å². The molecule has 1 aromatic rings. The van der Waals surface area contributed by atoms with E-state index in [1.54, 1.807) is 24.3 Å². The zero-order valence-electron chi connectivity index (χ0n) is 8.73. The van der Waals surface area contributed by atoms with Crippen molar-refractivity contribution in [1.82, 2.24) is 0 Å². The molecule has 1 aromatic carbocycles. The van der Waals surface area contributed by atoms with E-state index in [0.29, 0.717) is 5.75 Å². The van der Waals surface area contributed by atoms with E-state index in [4.69, 9.17) is 15.6 Å². The van der Waals surface area contributed by atoms with E-state index in [2.05, 4.69) is 0 Å². The molecule has 0 bridgehead atoms. The van der Waals surface area contributed by atoms with Gasteiger partial charge in [-0.15, -0.1) is 0 Å². The minimum atomic E-state index is -1.03. The molecule has 0 aliphatic carbocycles. The van der Waals surface area contributed by atoms with Gasteiger partial charge in [0.25, 0.3) is 0 Å². The molecule has 0 heterocycles. The summed E-state index contributed by atoms with van der Waals surface area (Å²) in [7, 11) is 0. The molecule has 0 aliphatic rings. The second-order valence-electron chi connectivity index (χ2n) is 3.33. The van der Waals surface area contributed by atoms with Gasteiger partial charge in [0.1, 0.15) is 25.1 Å².